The van der Waals surface area contributed by atoms with Crippen molar-refractivity contribution in [3.8, 4) is 0 Å². The molecule has 1 aromatic rings. The molecule has 0 saturated carbocycles. The van der Waals surface area contributed by atoms with E-state index in [1.807, 2.05) is 24.3 Å². The molecule has 1 N–H and O–H groups in total. The first-order chi connectivity index (χ1) is 6.34. The third kappa shape index (κ3) is 3.60. The van der Waals surface area contributed by atoms with Gasteiger partial charge in [-0.15, -0.1) is 0 Å². The second kappa shape index (κ2) is 5.76. The van der Waals surface area contributed by atoms with Gasteiger partial charge in [-0.3, -0.25) is 0 Å². The maximum absolute atomic E-state index is 9.73. The van der Waals surface area contributed by atoms with Crippen LogP contribution in [0.25, 0.3) is 0 Å². The van der Waals surface area contributed by atoms with Gasteiger partial charge in [-0.05, 0) is 24.1 Å². The van der Waals surface area contributed by atoms with E-state index in [2.05, 4.69) is 13.0 Å². The van der Waals surface area contributed by atoms with Gasteiger partial charge in [0.15, 0.2) is 0 Å². The van der Waals surface area contributed by atoms with E-state index >= 15 is 0 Å². The van der Waals surface area contributed by atoms with E-state index < -0.39 is 0 Å². The van der Waals surface area contributed by atoms with Gasteiger partial charge < -0.3 is 5.11 Å². The van der Waals surface area contributed by atoms with Crippen molar-refractivity contribution in [2.75, 3.05) is 0 Å². The van der Waals surface area contributed by atoms with Gasteiger partial charge in [-0.1, -0.05) is 44.4 Å². The largest absolute Gasteiger partial charge is 0.388 e. The quantitative estimate of drug-likeness (QED) is 0.685. The Balaban J connectivity index is 2.35. The lowest BCUT2D eigenvalue weighted by Gasteiger charge is -2.09. The highest BCUT2D eigenvalue weighted by molar-refractivity contribution is 5.16. The van der Waals surface area contributed by atoms with Crippen LogP contribution in [0.4, 0.5) is 0 Å². The average molecular weight is 177 g/mol. The van der Waals surface area contributed by atoms with Gasteiger partial charge in [0.25, 0.3) is 0 Å². The van der Waals surface area contributed by atoms with Crippen molar-refractivity contribution < 1.29 is 5.11 Å². The van der Waals surface area contributed by atoms with Gasteiger partial charge in [0.2, 0.25) is 0 Å². The molecule has 0 spiro atoms. The lowest BCUT2D eigenvalue weighted by Crippen LogP contribution is -1.96. The van der Waals surface area contributed by atoms with Crippen LogP contribution in [0, 0.1) is 6.07 Å². The summed E-state index contributed by atoms with van der Waals surface area (Å²) in [6, 6.07) is 10.5. The van der Waals surface area contributed by atoms with Crippen LogP contribution in [0.5, 0.6) is 0 Å². The maximum atomic E-state index is 9.73. The third-order valence-electron chi connectivity index (χ3n) is 2.20. The van der Waals surface area contributed by atoms with Crippen molar-refractivity contribution in [3.05, 3.63) is 35.9 Å². The molecule has 1 atom stereocenters. The topological polar surface area (TPSA) is 20.2 Å². The number of aliphatic hydroxyl groups excluding tert-OH is 1. The molecule has 0 aromatic heterocycles. The molecule has 0 aliphatic carbocycles. The molecule has 0 amide bonds. The van der Waals surface area contributed by atoms with Gasteiger partial charge in [0.05, 0.1) is 6.10 Å². The van der Waals surface area contributed by atoms with Gasteiger partial charge >= 0.3 is 0 Å². The number of rotatable bonds is 5. The molecule has 1 rings (SSSR count). The molecular formula is C12H17O. The number of hydrogen-bond donors (Lipinski definition) is 1. The van der Waals surface area contributed by atoms with Crippen molar-refractivity contribution >= 4 is 0 Å². The van der Waals surface area contributed by atoms with Crippen LogP contribution in [0.1, 0.15) is 44.3 Å². The standard InChI is InChI=1S/C12H17O/c1-2-3-5-10-12(13)11-8-6-4-7-9-11/h4,6,8-9,12-13H,2-3,5,10H2,1H3. The van der Waals surface area contributed by atoms with E-state index in [9.17, 15) is 5.11 Å². The Bertz CT molecular complexity index is 218. The summed E-state index contributed by atoms with van der Waals surface area (Å²) in [6.45, 7) is 2.17. The first kappa shape index (κ1) is 10.3. The van der Waals surface area contributed by atoms with Crippen molar-refractivity contribution in [2.45, 2.75) is 38.7 Å². The molecule has 0 heterocycles. The second-order valence-electron chi connectivity index (χ2n) is 3.35. The zero-order valence-corrected chi connectivity index (χ0v) is 8.16. The number of hydrogen-bond acceptors (Lipinski definition) is 1. The average Bonchev–Trinajstić information content (AvgIpc) is 2.19. The molecule has 0 aliphatic rings. The van der Waals surface area contributed by atoms with Crippen molar-refractivity contribution in [1.29, 1.82) is 0 Å². The smallest absolute Gasteiger partial charge is 0.0790 e. The second-order valence-corrected chi connectivity index (χ2v) is 3.35. The summed E-state index contributed by atoms with van der Waals surface area (Å²) in [7, 11) is 0. The molecule has 71 valence electrons. The lowest BCUT2D eigenvalue weighted by atomic mass is 10.0. The van der Waals surface area contributed by atoms with Crippen molar-refractivity contribution in [1.82, 2.24) is 0 Å². The van der Waals surface area contributed by atoms with Crippen LogP contribution in [0.15, 0.2) is 24.3 Å². The van der Waals surface area contributed by atoms with Crippen molar-refractivity contribution in [2.24, 2.45) is 0 Å². The first-order valence-electron chi connectivity index (χ1n) is 4.98. The summed E-state index contributed by atoms with van der Waals surface area (Å²) in [5, 5.41) is 9.73. The molecule has 0 saturated heterocycles. The van der Waals surface area contributed by atoms with E-state index in [0.717, 1.165) is 18.4 Å². The fourth-order valence-electron chi connectivity index (χ4n) is 1.37. The van der Waals surface area contributed by atoms with Gasteiger partial charge in [-0.2, -0.15) is 0 Å². The summed E-state index contributed by atoms with van der Waals surface area (Å²) in [6.07, 6.45) is 4.07. The molecule has 1 radical (unpaired) electrons. The predicted molar refractivity (Wildman–Crippen MR) is 54.4 cm³/mol. The van der Waals surface area contributed by atoms with E-state index in [0.29, 0.717) is 0 Å². The molecule has 0 bridgehead atoms. The zero-order chi connectivity index (χ0) is 9.52. The van der Waals surface area contributed by atoms with Gasteiger partial charge in [0, 0.05) is 0 Å². The Morgan fingerprint density at radius 1 is 1.46 bits per heavy atom. The van der Waals surface area contributed by atoms with Crippen molar-refractivity contribution in [3.63, 3.8) is 0 Å². The van der Waals surface area contributed by atoms with Crippen LogP contribution in [0.2, 0.25) is 0 Å². The molecule has 0 fully saturated rings. The monoisotopic (exact) mass is 177 g/mol. The normalized spacial score (nSPS) is 12.8. The highest BCUT2D eigenvalue weighted by atomic mass is 16.3. The Morgan fingerprint density at radius 3 is 2.92 bits per heavy atom. The van der Waals surface area contributed by atoms with Crippen LogP contribution in [0.3, 0.4) is 0 Å². The summed E-state index contributed by atoms with van der Waals surface area (Å²) in [5.74, 6) is 0. The molecule has 1 unspecified atom stereocenters. The molecule has 0 aliphatic heterocycles. The Hall–Kier alpha value is -0.820. The van der Waals surface area contributed by atoms with Crippen LogP contribution >= 0.6 is 0 Å². The van der Waals surface area contributed by atoms with Crippen LogP contribution < -0.4 is 0 Å². The zero-order valence-electron chi connectivity index (χ0n) is 8.16. The lowest BCUT2D eigenvalue weighted by molar-refractivity contribution is 0.163. The molecule has 1 nitrogen and oxygen atoms in total. The summed E-state index contributed by atoms with van der Waals surface area (Å²) in [5.41, 5.74) is 0.985. The maximum Gasteiger partial charge on any atom is 0.0790 e. The molecular weight excluding hydrogens is 160 g/mol. The number of benzene rings is 1. The summed E-state index contributed by atoms with van der Waals surface area (Å²) in [4.78, 5) is 0. The van der Waals surface area contributed by atoms with Gasteiger partial charge in [-0.25, -0.2) is 0 Å². The highest BCUT2D eigenvalue weighted by Crippen LogP contribution is 2.18. The SMILES string of the molecule is CCCCCC(O)c1c[c]ccc1. The minimum atomic E-state index is -0.302. The predicted octanol–water partition coefficient (Wildman–Crippen LogP) is 3.10. The Morgan fingerprint density at radius 2 is 2.31 bits per heavy atom. The summed E-state index contributed by atoms with van der Waals surface area (Å²) >= 11 is 0. The van der Waals surface area contributed by atoms with E-state index in [4.69, 9.17) is 0 Å². The minimum absolute atomic E-state index is 0.302. The minimum Gasteiger partial charge on any atom is -0.388 e. The fraction of sp³-hybridized carbons (Fsp3) is 0.500. The van der Waals surface area contributed by atoms with Crippen LogP contribution in [-0.4, -0.2) is 5.11 Å². The number of aliphatic hydroxyl groups is 1. The Kier molecular flexibility index (Phi) is 4.55. The van der Waals surface area contributed by atoms with E-state index in [-0.39, 0.29) is 6.10 Å². The summed E-state index contributed by atoms with van der Waals surface area (Å²) < 4.78 is 0. The molecule has 13 heavy (non-hydrogen) atoms. The fourth-order valence-corrected chi connectivity index (χ4v) is 1.37. The third-order valence-corrected chi connectivity index (χ3v) is 2.20. The van der Waals surface area contributed by atoms with E-state index in [1.54, 1.807) is 0 Å². The Labute approximate surface area is 80.4 Å². The number of unbranched alkanes of at least 4 members (excludes halogenated alkanes) is 2. The highest BCUT2D eigenvalue weighted by Gasteiger charge is 2.04. The van der Waals surface area contributed by atoms with E-state index in [1.165, 1.54) is 12.8 Å². The molecule has 1 heteroatoms. The van der Waals surface area contributed by atoms with Crippen LogP contribution in [-0.2, 0) is 0 Å². The molecule has 1 aromatic carbocycles. The first-order valence-corrected chi connectivity index (χ1v) is 4.98. The van der Waals surface area contributed by atoms with Gasteiger partial charge in [0.1, 0.15) is 0 Å².